The van der Waals surface area contributed by atoms with Crippen LogP contribution < -0.4 is 5.32 Å². The average Bonchev–Trinajstić information content (AvgIpc) is 3.28. The molecule has 0 spiro atoms. The first-order chi connectivity index (χ1) is 15.0. The van der Waals surface area contributed by atoms with E-state index in [4.69, 9.17) is 0 Å². The standard InChI is InChI=1S/C21H22N4O3S3/c1-29-17-2-4-18(5-3-17)31(27,28)25-12-8-16(9-13-25)20(26)24-21-23-19(14-30-21)15-6-10-22-11-7-15/h2-7,10-11,14,16H,8-9,12-13H2,1H3,(H,23,24,26). The Balaban J connectivity index is 1.35. The quantitative estimate of drug-likeness (QED) is 0.544. The van der Waals surface area contributed by atoms with E-state index in [1.807, 2.05) is 35.9 Å². The van der Waals surface area contributed by atoms with Crippen molar-refractivity contribution in [2.24, 2.45) is 5.92 Å². The van der Waals surface area contributed by atoms with Gasteiger partial charge >= 0.3 is 0 Å². The Labute approximate surface area is 190 Å². The molecule has 3 heterocycles. The molecule has 0 aliphatic carbocycles. The van der Waals surface area contributed by atoms with E-state index < -0.39 is 10.0 Å². The fraction of sp³-hybridized carbons (Fsp3) is 0.286. The summed E-state index contributed by atoms with van der Waals surface area (Å²) in [5.74, 6) is -0.351. The first kappa shape index (κ1) is 21.9. The normalized spacial score (nSPS) is 15.6. The van der Waals surface area contributed by atoms with E-state index in [9.17, 15) is 13.2 Å². The average molecular weight is 475 g/mol. The van der Waals surface area contributed by atoms with Crippen molar-refractivity contribution in [3.05, 3.63) is 54.2 Å². The zero-order valence-electron chi connectivity index (χ0n) is 16.9. The molecule has 0 saturated carbocycles. The number of carbonyl (C=O) groups excluding carboxylic acids is 1. The van der Waals surface area contributed by atoms with Gasteiger partial charge in [-0.1, -0.05) is 0 Å². The minimum absolute atomic E-state index is 0.114. The zero-order chi connectivity index (χ0) is 21.8. The number of hydrogen-bond donors (Lipinski definition) is 1. The predicted molar refractivity (Wildman–Crippen MR) is 124 cm³/mol. The van der Waals surface area contributed by atoms with Crippen molar-refractivity contribution in [3.63, 3.8) is 0 Å². The number of nitrogens with one attached hydrogen (secondary N) is 1. The maximum atomic E-state index is 12.9. The fourth-order valence-corrected chi connectivity index (χ4v) is 6.05. The summed E-state index contributed by atoms with van der Waals surface area (Å²) in [6.07, 6.45) is 6.32. The number of pyridine rings is 1. The highest BCUT2D eigenvalue weighted by Crippen LogP contribution is 2.28. The highest BCUT2D eigenvalue weighted by Gasteiger charge is 2.32. The molecular weight excluding hydrogens is 452 g/mol. The number of aromatic nitrogens is 2. The maximum Gasteiger partial charge on any atom is 0.243 e. The number of sulfonamides is 1. The van der Waals surface area contributed by atoms with Gasteiger partial charge in [-0.2, -0.15) is 4.31 Å². The lowest BCUT2D eigenvalue weighted by molar-refractivity contribution is -0.120. The zero-order valence-corrected chi connectivity index (χ0v) is 19.3. The number of thioether (sulfide) groups is 1. The predicted octanol–water partition coefficient (Wildman–Crippen LogP) is 3.97. The van der Waals surface area contributed by atoms with Gasteiger partial charge in [0.05, 0.1) is 10.6 Å². The van der Waals surface area contributed by atoms with Gasteiger partial charge in [0.15, 0.2) is 5.13 Å². The topological polar surface area (TPSA) is 92.3 Å². The van der Waals surface area contributed by atoms with Crippen molar-refractivity contribution >= 4 is 44.2 Å². The van der Waals surface area contributed by atoms with E-state index in [-0.39, 0.29) is 11.8 Å². The van der Waals surface area contributed by atoms with Crippen LogP contribution in [0.3, 0.4) is 0 Å². The van der Waals surface area contributed by atoms with E-state index >= 15 is 0 Å². The van der Waals surface area contributed by atoms with Gasteiger partial charge in [0.1, 0.15) is 0 Å². The molecule has 4 rings (SSSR count). The van der Waals surface area contributed by atoms with Gasteiger partial charge < -0.3 is 5.32 Å². The molecule has 2 aromatic heterocycles. The largest absolute Gasteiger partial charge is 0.302 e. The molecule has 1 saturated heterocycles. The van der Waals surface area contributed by atoms with Crippen molar-refractivity contribution in [1.82, 2.24) is 14.3 Å². The van der Waals surface area contributed by atoms with Crippen LogP contribution in [-0.2, 0) is 14.8 Å². The monoisotopic (exact) mass is 474 g/mol. The number of benzene rings is 1. The van der Waals surface area contributed by atoms with Gasteiger partial charge in [-0.05, 0) is 55.5 Å². The lowest BCUT2D eigenvalue weighted by Gasteiger charge is -2.30. The van der Waals surface area contributed by atoms with Gasteiger partial charge in [0.25, 0.3) is 0 Å². The Morgan fingerprint density at radius 2 is 1.81 bits per heavy atom. The number of anilines is 1. The molecule has 1 amide bonds. The van der Waals surface area contributed by atoms with Gasteiger partial charge in [-0.25, -0.2) is 13.4 Å². The van der Waals surface area contributed by atoms with Crippen LogP contribution in [0.5, 0.6) is 0 Å². The lowest BCUT2D eigenvalue weighted by atomic mass is 9.97. The summed E-state index contributed by atoms with van der Waals surface area (Å²) in [7, 11) is -3.55. The van der Waals surface area contributed by atoms with Gasteiger partial charge in [0.2, 0.25) is 15.9 Å². The van der Waals surface area contributed by atoms with Crippen LogP contribution in [0.2, 0.25) is 0 Å². The molecule has 1 fully saturated rings. The molecule has 0 radical (unpaired) electrons. The molecular formula is C21H22N4O3S3. The van der Waals surface area contributed by atoms with E-state index in [2.05, 4.69) is 15.3 Å². The highest BCUT2D eigenvalue weighted by atomic mass is 32.2. The lowest BCUT2D eigenvalue weighted by Crippen LogP contribution is -2.41. The summed E-state index contributed by atoms with van der Waals surface area (Å²) in [5.41, 5.74) is 1.73. The van der Waals surface area contributed by atoms with E-state index in [0.717, 1.165) is 16.2 Å². The van der Waals surface area contributed by atoms with Crippen LogP contribution >= 0.6 is 23.1 Å². The third kappa shape index (κ3) is 4.98. The first-order valence-electron chi connectivity index (χ1n) is 9.78. The van der Waals surface area contributed by atoms with Crippen molar-refractivity contribution in [2.75, 3.05) is 24.7 Å². The third-order valence-electron chi connectivity index (χ3n) is 5.23. The molecule has 31 heavy (non-hydrogen) atoms. The number of rotatable bonds is 6. The van der Waals surface area contributed by atoms with Crippen molar-refractivity contribution < 1.29 is 13.2 Å². The fourth-order valence-electron chi connectivity index (χ4n) is 3.45. The number of nitrogens with zero attached hydrogens (tertiary/aromatic N) is 3. The molecule has 1 N–H and O–H groups in total. The van der Waals surface area contributed by atoms with E-state index in [1.165, 1.54) is 15.6 Å². The summed E-state index contributed by atoms with van der Waals surface area (Å²) < 4.78 is 27.3. The molecule has 1 aromatic carbocycles. The Kier molecular flexibility index (Phi) is 6.71. The molecule has 7 nitrogen and oxygen atoms in total. The Morgan fingerprint density at radius 3 is 2.45 bits per heavy atom. The highest BCUT2D eigenvalue weighted by molar-refractivity contribution is 7.98. The molecule has 3 aromatic rings. The van der Waals surface area contributed by atoms with Gasteiger partial charge in [-0.15, -0.1) is 23.1 Å². The summed E-state index contributed by atoms with van der Waals surface area (Å²) in [5, 5.41) is 5.32. The van der Waals surface area contributed by atoms with Crippen LogP contribution in [0, 0.1) is 5.92 Å². The SMILES string of the molecule is CSc1ccc(S(=O)(=O)N2CCC(C(=O)Nc3nc(-c4ccncc4)cs3)CC2)cc1. The van der Waals surface area contributed by atoms with Crippen LogP contribution in [0.15, 0.2) is 64.0 Å². The van der Waals surface area contributed by atoms with Crippen LogP contribution in [-0.4, -0.2) is 47.9 Å². The van der Waals surface area contributed by atoms with Crippen molar-refractivity contribution in [3.8, 4) is 11.3 Å². The third-order valence-corrected chi connectivity index (χ3v) is 8.65. The first-order valence-corrected chi connectivity index (χ1v) is 13.3. The summed E-state index contributed by atoms with van der Waals surface area (Å²) >= 11 is 2.94. The molecule has 162 valence electrons. The number of hydrogen-bond acceptors (Lipinski definition) is 7. The van der Waals surface area contributed by atoms with E-state index in [0.29, 0.717) is 36.0 Å². The minimum atomic E-state index is -3.55. The van der Waals surface area contributed by atoms with Crippen molar-refractivity contribution in [1.29, 1.82) is 0 Å². The molecule has 1 aliphatic rings. The number of amides is 1. The summed E-state index contributed by atoms with van der Waals surface area (Å²) in [6.45, 7) is 0.648. The number of thiazole rings is 1. The second-order valence-electron chi connectivity index (χ2n) is 7.12. The minimum Gasteiger partial charge on any atom is -0.302 e. The second kappa shape index (κ2) is 9.47. The Morgan fingerprint density at radius 1 is 1.13 bits per heavy atom. The smallest absolute Gasteiger partial charge is 0.243 e. The van der Waals surface area contributed by atoms with Gasteiger partial charge in [-0.3, -0.25) is 9.78 Å². The van der Waals surface area contributed by atoms with Crippen LogP contribution in [0.1, 0.15) is 12.8 Å². The van der Waals surface area contributed by atoms with Crippen LogP contribution in [0.4, 0.5) is 5.13 Å². The number of piperidine rings is 1. The number of carbonyl (C=O) groups is 1. The summed E-state index contributed by atoms with van der Waals surface area (Å²) in [4.78, 5) is 22.5. The Bertz CT molecular complexity index is 1140. The van der Waals surface area contributed by atoms with Crippen molar-refractivity contribution in [2.45, 2.75) is 22.6 Å². The van der Waals surface area contributed by atoms with Crippen LogP contribution in [0.25, 0.3) is 11.3 Å². The Hall–Kier alpha value is -2.27. The molecule has 0 unspecified atom stereocenters. The van der Waals surface area contributed by atoms with E-state index in [1.54, 1.807) is 36.3 Å². The van der Waals surface area contributed by atoms with Gasteiger partial charge in [0, 0.05) is 47.2 Å². The molecule has 1 aliphatic heterocycles. The molecule has 10 heteroatoms. The molecule has 0 atom stereocenters. The maximum absolute atomic E-state index is 12.9. The second-order valence-corrected chi connectivity index (χ2v) is 10.8. The summed E-state index contributed by atoms with van der Waals surface area (Å²) in [6, 6.07) is 10.6. The molecule has 0 bridgehead atoms.